The van der Waals surface area contributed by atoms with Crippen molar-refractivity contribution < 1.29 is 22.7 Å². The normalized spacial score (nSPS) is 26.2. The quantitative estimate of drug-likeness (QED) is 0.768. The molecule has 0 aromatic rings. The maximum atomic E-state index is 12.7. The Balaban J connectivity index is 2.72. The number of nitrogens with two attached hydrogens (primary N) is 1. The Bertz CT molecular complexity index is 258. The predicted octanol–water partition coefficient (Wildman–Crippen LogP) is 0.228. The van der Waals surface area contributed by atoms with Crippen LogP contribution in [0.2, 0.25) is 0 Å². The maximum Gasteiger partial charge on any atom is 0.393 e. The first kappa shape index (κ1) is 13.2. The summed E-state index contributed by atoms with van der Waals surface area (Å²) in [6.07, 6.45) is -4.30. The Hall–Kier alpha value is -0.820. The molecule has 2 N–H and O–H groups in total. The van der Waals surface area contributed by atoms with E-state index in [0.717, 1.165) is 4.90 Å². The summed E-state index contributed by atoms with van der Waals surface area (Å²) in [5, 5.41) is 0. The first-order valence-electron chi connectivity index (χ1n) is 4.93. The van der Waals surface area contributed by atoms with Crippen molar-refractivity contribution in [2.45, 2.75) is 6.18 Å². The minimum Gasteiger partial charge on any atom is -0.384 e. The molecule has 1 aliphatic heterocycles. The standard InChI is InChI=1S/C9H15F3N2O2/c1-16-5-6-3-14(8(15)2-13)4-7(6)9(10,11)12/h6-7H,2-5,13H2,1H3/t6-,7+/m1/s1. The van der Waals surface area contributed by atoms with Gasteiger partial charge in [0.25, 0.3) is 0 Å². The number of rotatable bonds is 3. The van der Waals surface area contributed by atoms with E-state index in [0.29, 0.717) is 0 Å². The SMILES string of the molecule is COC[C@H]1CN(C(=O)CN)C[C@@H]1C(F)(F)F. The van der Waals surface area contributed by atoms with Crippen LogP contribution in [0, 0.1) is 11.8 Å². The van der Waals surface area contributed by atoms with Crippen molar-refractivity contribution in [3.8, 4) is 0 Å². The molecule has 1 saturated heterocycles. The second kappa shape index (κ2) is 5.01. The highest BCUT2D eigenvalue weighted by atomic mass is 19.4. The van der Waals surface area contributed by atoms with Gasteiger partial charge in [-0.2, -0.15) is 13.2 Å². The zero-order chi connectivity index (χ0) is 12.3. The molecule has 1 aliphatic rings. The van der Waals surface area contributed by atoms with E-state index in [1.54, 1.807) is 0 Å². The molecular weight excluding hydrogens is 225 g/mol. The number of likely N-dealkylation sites (tertiary alicyclic amines) is 1. The van der Waals surface area contributed by atoms with Gasteiger partial charge >= 0.3 is 6.18 Å². The Morgan fingerprint density at radius 3 is 2.56 bits per heavy atom. The molecule has 1 fully saturated rings. The molecule has 94 valence electrons. The zero-order valence-electron chi connectivity index (χ0n) is 8.96. The molecule has 0 aliphatic carbocycles. The summed E-state index contributed by atoms with van der Waals surface area (Å²) in [7, 11) is 1.35. The fraction of sp³-hybridized carbons (Fsp3) is 0.889. The van der Waals surface area contributed by atoms with Crippen LogP contribution in [-0.2, 0) is 9.53 Å². The van der Waals surface area contributed by atoms with Gasteiger partial charge in [0.15, 0.2) is 0 Å². The molecule has 0 unspecified atom stereocenters. The van der Waals surface area contributed by atoms with Gasteiger partial charge in [0.05, 0.1) is 19.1 Å². The van der Waals surface area contributed by atoms with Gasteiger partial charge in [0, 0.05) is 26.1 Å². The number of alkyl halides is 3. The highest BCUT2D eigenvalue weighted by Gasteiger charge is 2.50. The Labute approximate surface area is 91.5 Å². The molecule has 16 heavy (non-hydrogen) atoms. The number of hydrogen-bond donors (Lipinski definition) is 1. The summed E-state index contributed by atoms with van der Waals surface area (Å²) < 4.78 is 42.7. The van der Waals surface area contributed by atoms with E-state index in [9.17, 15) is 18.0 Å². The third-order valence-corrected chi connectivity index (χ3v) is 2.77. The van der Waals surface area contributed by atoms with Gasteiger partial charge in [-0.1, -0.05) is 0 Å². The summed E-state index contributed by atoms with van der Waals surface area (Å²) in [5.74, 6) is -2.66. The van der Waals surface area contributed by atoms with Crippen LogP contribution in [0.25, 0.3) is 0 Å². The van der Waals surface area contributed by atoms with Crippen LogP contribution in [-0.4, -0.2) is 50.3 Å². The Kier molecular flexibility index (Phi) is 4.15. The van der Waals surface area contributed by atoms with E-state index >= 15 is 0 Å². The summed E-state index contributed by atoms with van der Waals surface area (Å²) in [5.41, 5.74) is 5.12. The molecule has 2 atom stereocenters. The first-order valence-corrected chi connectivity index (χ1v) is 4.93. The smallest absolute Gasteiger partial charge is 0.384 e. The van der Waals surface area contributed by atoms with E-state index in [1.165, 1.54) is 7.11 Å². The van der Waals surface area contributed by atoms with Crippen LogP contribution < -0.4 is 5.73 Å². The summed E-state index contributed by atoms with van der Waals surface area (Å²) in [4.78, 5) is 12.4. The number of amides is 1. The average Bonchev–Trinajstić information content (AvgIpc) is 2.61. The second-order valence-corrected chi connectivity index (χ2v) is 3.87. The van der Waals surface area contributed by atoms with Crippen LogP contribution in [0.3, 0.4) is 0 Å². The topological polar surface area (TPSA) is 55.6 Å². The second-order valence-electron chi connectivity index (χ2n) is 3.87. The van der Waals surface area contributed by atoms with Crippen molar-refractivity contribution in [2.75, 3.05) is 33.4 Å². The van der Waals surface area contributed by atoms with Crippen molar-refractivity contribution >= 4 is 5.91 Å². The van der Waals surface area contributed by atoms with Gasteiger partial charge in [-0.3, -0.25) is 4.79 Å². The molecule has 1 heterocycles. The third kappa shape index (κ3) is 2.85. The molecule has 0 saturated carbocycles. The lowest BCUT2D eigenvalue weighted by atomic mass is 9.96. The van der Waals surface area contributed by atoms with Crippen molar-refractivity contribution in [3.63, 3.8) is 0 Å². The van der Waals surface area contributed by atoms with Gasteiger partial charge in [-0.15, -0.1) is 0 Å². The highest BCUT2D eigenvalue weighted by molar-refractivity contribution is 5.78. The van der Waals surface area contributed by atoms with E-state index in [1.807, 2.05) is 0 Å². The van der Waals surface area contributed by atoms with Crippen molar-refractivity contribution in [1.29, 1.82) is 0 Å². The number of hydrogen-bond acceptors (Lipinski definition) is 3. The lowest BCUT2D eigenvalue weighted by Gasteiger charge is -2.19. The van der Waals surface area contributed by atoms with Gasteiger partial charge < -0.3 is 15.4 Å². The van der Waals surface area contributed by atoms with E-state index in [4.69, 9.17) is 10.5 Å². The van der Waals surface area contributed by atoms with Crippen LogP contribution in [0.5, 0.6) is 0 Å². The zero-order valence-corrected chi connectivity index (χ0v) is 8.96. The van der Waals surface area contributed by atoms with Crippen LogP contribution in [0.4, 0.5) is 13.2 Å². The fourth-order valence-corrected chi connectivity index (χ4v) is 1.96. The molecule has 0 radical (unpaired) electrons. The van der Waals surface area contributed by atoms with Crippen LogP contribution in [0.15, 0.2) is 0 Å². The summed E-state index contributed by atoms with van der Waals surface area (Å²) >= 11 is 0. The largest absolute Gasteiger partial charge is 0.393 e. The number of nitrogens with zero attached hydrogens (tertiary/aromatic N) is 1. The number of carbonyl (C=O) groups excluding carboxylic acids is 1. The van der Waals surface area contributed by atoms with E-state index in [-0.39, 0.29) is 26.2 Å². The van der Waals surface area contributed by atoms with Crippen LogP contribution >= 0.6 is 0 Å². The summed E-state index contributed by atoms with van der Waals surface area (Å²) in [6, 6.07) is 0. The Morgan fingerprint density at radius 2 is 2.12 bits per heavy atom. The molecule has 0 bridgehead atoms. The number of halogens is 3. The van der Waals surface area contributed by atoms with E-state index < -0.39 is 23.9 Å². The number of carbonyl (C=O) groups is 1. The lowest BCUT2D eigenvalue weighted by Crippen LogP contribution is -2.35. The fourth-order valence-electron chi connectivity index (χ4n) is 1.96. The van der Waals surface area contributed by atoms with Crippen LogP contribution in [0.1, 0.15) is 0 Å². The number of ether oxygens (including phenoxy) is 1. The lowest BCUT2D eigenvalue weighted by molar-refractivity contribution is -0.183. The van der Waals surface area contributed by atoms with Gasteiger partial charge in [-0.05, 0) is 0 Å². The Morgan fingerprint density at radius 1 is 1.50 bits per heavy atom. The molecule has 7 heteroatoms. The minimum absolute atomic E-state index is 0.00146. The average molecular weight is 240 g/mol. The predicted molar refractivity (Wildman–Crippen MR) is 50.5 cm³/mol. The first-order chi connectivity index (χ1) is 7.40. The van der Waals surface area contributed by atoms with Gasteiger partial charge in [-0.25, -0.2) is 0 Å². The number of methoxy groups -OCH3 is 1. The maximum absolute atomic E-state index is 12.7. The summed E-state index contributed by atoms with van der Waals surface area (Å²) in [6.45, 7) is -0.510. The van der Waals surface area contributed by atoms with Gasteiger partial charge in [0.1, 0.15) is 0 Å². The van der Waals surface area contributed by atoms with Crippen molar-refractivity contribution in [1.82, 2.24) is 4.90 Å². The molecular formula is C9H15F3N2O2. The minimum atomic E-state index is -4.30. The molecule has 1 rings (SSSR count). The molecule has 0 aromatic heterocycles. The monoisotopic (exact) mass is 240 g/mol. The molecule has 1 amide bonds. The molecule has 0 aromatic carbocycles. The van der Waals surface area contributed by atoms with Crippen molar-refractivity contribution in [3.05, 3.63) is 0 Å². The molecule has 0 spiro atoms. The highest BCUT2D eigenvalue weighted by Crippen LogP contribution is 2.37. The van der Waals surface area contributed by atoms with Crippen molar-refractivity contribution in [2.24, 2.45) is 17.6 Å². The third-order valence-electron chi connectivity index (χ3n) is 2.77. The van der Waals surface area contributed by atoms with Gasteiger partial charge in [0.2, 0.25) is 5.91 Å². The van der Waals surface area contributed by atoms with E-state index in [2.05, 4.69) is 0 Å². The molecule has 4 nitrogen and oxygen atoms in total.